The molecule has 11 heteroatoms. The maximum absolute atomic E-state index is 13.8. The number of nitrogens with zero attached hydrogens (tertiary/aromatic N) is 3. The highest BCUT2D eigenvalue weighted by Crippen LogP contribution is 2.34. The van der Waals surface area contributed by atoms with Crippen molar-refractivity contribution in [2.45, 2.75) is 19.6 Å². The van der Waals surface area contributed by atoms with Crippen molar-refractivity contribution in [3.8, 4) is 5.75 Å². The van der Waals surface area contributed by atoms with Gasteiger partial charge in [0, 0.05) is 56.4 Å². The fraction of sp³-hybridized carbons (Fsp3) is 0.385. The molecule has 1 heterocycles. The van der Waals surface area contributed by atoms with Gasteiger partial charge in [0.1, 0.15) is 5.75 Å². The number of anilines is 1. The van der Waals surface area contributed by atoms with Crippen LogP contribution in [0.1, 0.15) is 23.6 Å². The Bertz CT molecular complexity index is 1100. The smallest absolute Gasteiger partial charge is 0.416 e. The van der Waals surface area contributed by atoms with Crippen LogP contribution >= 0.6 is 22.6 Å². The second kappa shape index (κ2) is 13.8. The molecule has 0 unspecified atom stereocenters. The maximum Gasteiger partial charge on any atom is 0.416 e. The average Bonchev–Trinajstić information content (AvgIpc) is 2.89. The first-order valence-electron chi connectivity index (χ1n) is 11.9. The predicted octanol–water partition coefficient (Wildman–Crippen LogP) is 4.62. The van der Waals surface area contributed by atoms with Crippen molar-refractivity contribution >= 4 is 46.0 Å². The van der Waals surface area contributed by atoms with E-state index in [-0.39, 0.29) is 24.4 Å². The van der Waals surface area contributed by atoms with E-state index in [2.05, 4.69) is 44.7 Å². The summed E-state index contributed by atoms with van der Waals surface area (Å²) in [5, 5.41) is 2.50. The van der Waals surface area contributed by atoms with E-state index in [9.17, 15) is 18.0 Å². The van der Waals surface area contributed by atoms with Gasteiger partial charge in [0.15, 0.2) is 6.61 Å². The Hall–Kier alpha value is -2.64. The number of benzene rings is 2. The molecule has 1 aliphatic rings. The summed E-state index contributed by atoms with van der Waals surface area (Å²) in [6, 6.07) is 10.8. The molecule has 0 aliphatic carbocycles. The van der Waals surface area contributed by atoms with Crippen molar-refractivity contribution in [1.29, 1.82) is 0 Å². The quantitative estimate of drug-likeness (QED) is 0.174. The minimum Gasteiger partial charge on any atom is -0.484 e. The number of carbonyl (C=O) groups excluding carboxylic acids is 1. The lowest BCUT2D eigenvalue weighted by molar-refractivity contribution is -0.138. The Labute approximate surface area is 228 Å². The van der Waals surface area contributed by atoms with Crippen molar-refractivity contribution in [3.05, 3.63) is 65.4 Å². The highest BCUT2D eigenvalue weighted by atomic mass is 127. The number of nitrogens with two attached hydrogens (primary N) is 1. The SMILES string of the molecule is CCN1CCN(Cc2ccc(NC(=O)COc3ccc(C(C=NCI)=CN)cc3)cc2C(F)(F)F)CC1. The molecule has 1 saturated heterocycles. The number of rotatable bonds is 10. The maximum atomic E-state index is 13.8. The second-order valence-corrected chi connectivity index (χ2v) is 9.18. The fourth-order valence-corrected chi connectivity index (χ4v) is 4.19. The van der Waals surface area contributed by atoms with Crippen LogP contribution in [0.4, 0.5) is 18.9 Å². The van der Waals surface area contributed by atoms with Crippen molar-refractivity contribution in [3.63, 3.8) is 0 Å². The molecule has 1 amide bonds. The number of piperazine rings is 1. The predicted molar refractivity (Wildman–Crippen MR) is 149 cm³/mol. The molecule has 0 radical (unpaired) electrons. The van der Waals surface area contributed by atoms with Crippen molar-refractivity contribution in [2.75, 3.05) is 49.2 Å². The van der Waals surface area contributed by atoms with Gasteiger partial charge in [-0.05, 0) is 41.9 Å². The number of allylic oxidation sites excluding steroid dienone is 1. The lowest BCUT2D eigenvalue weighted by Crippen LogP contribution is -2.45. The number of halogens is 4. The van der Waals surface area contributed by atoms with Crippen LogP contribution in [0, 0.1) is 0 Å². The summed E-state index contributed by atoms with van der Waals surface area (Å²) in [5.41, 5.74) is 6.75. The van der Waals surface area contributed by atoms with E-state index in [1.165, 1.54) is 18.3 Å². The number of amides is 1. The molecule has 1 fully saturated rings. The third kappa shape index (κ3) is 8.71. The molecule has 0 saturated carbocycles. The monoisotopic (exact) mass is 629 g/mol. The summed E-state index contributed by atoms with van der Waals surface area (Å²) in [4.78, 5) is 20.8. The van der Waals surface area contributed by atoms with Crippen LogP contribution < -0.4 is 15.8 Å². The van der Waals surface area contributed by atoms with Gasteiger partial charge in [0.25, 0.3) is 5.91 Å². The van der Waals surface area contributed by atoms with Gasteiger partial charge in [-0.3, -0.25) is 14.7 Å². The van der Waals surface area contributed by atoms with Gasteiger partial charge in [0.2, 0.25) is 0 Å². The summed E-state index contributed by atoms with van der Waals surface area (Å²) in [7, 11) is 0. The molecule has 3 N–H and O–H groups in total. The number of nitrogens with one attached hydrogen (secondary N) is 1. The van der Waals surface area contributed by atoms with Gasteiger partial charge in [-0.2, -0.15) is 13.2 Å². The lowest BCUT2D eigenvalue weighted by Gasteiger charge is -2.34. The van der Waals surface area contributed by atoms with Gasteiger partial charge in [-0.25, -0.2) is 0 Å². The molecule has 2 aromatic carbocycles. The minimum absolute atomic E-state index is 0.0723. The summed E-state index contributed by atoms with van der Waals surface area (Å²) in [5.74, 6) is -0.118. The number of hydrogen-bond acceptors (Lipinski definition) is 6. The zero-order valence-corrected chi connectivity index (χ0v) is 22.8. The first-order valence-corrected chi connectivity index (χ1v) is 13.4. The molecule has 1 aliphatic heterocycles. The Balaban J connectivity index is 1.60. The van der Waals surface area contributed by atoms with E-state index in [0.717, 1.165) is 49.9 Å². The number of ether oxygens (including phenoxy) is 1. The largest absolute Gasteiger partial charge is 0.484 e. The van der Waals surface area contributed by atoms with Gasteiger partial charge in [-0.1, -0.05) is 47.7 Å². The first-order chi connectivity index (χ1) is 17.7. The van der Waals surface area contributed by atoms with E-state index >= 15 is 0 Å². The molecular weight excluding hydrogens is 598 g/mol. The van der Waals surface area contributed by atoms with E-state index in [0.29, 0.717) is 10.3 Å². The van der Waals surface area contributed by atoms with E-state index in [4.69, 9.17) is 10.5 Å². The van der Waals surface area contributed by atoms with Gasteiger partial charge >= 0.3 is 6.18 Å². The molecule has 0 aromatic heterocycles. The Morgan fingerprint density at radius 3 is 2.41 bits per heavy atom. The minimum atomic E-state index is -4.53. The van der Waals surface area contributed by atoms with Crippen molar-refractivity contribution < 1.29 is 22.7 Å². The average molecular weight is 629 g/mol. The highest BCUT2D eigenvalue weighted by Gasteiger charge is 2.34. The van der Waals surface area contributed by atoms with Crippen molar-refractivity contribution in [2.24, 2.45) is 10.7 Å². The van der Waals surface area contributed by atoms with Crippen LogP contribution in [0.15, 0.2) is 53.7 Å². The van der Waals surface area contributed by atoms with E-state index in [1.807, 2.05) is 4.90 Å². The summed E-state index contributed by atoms with van der Waals surface area (Å²) < 4.78 is 47.5. The van der Waals surface area contributed by atoms with Gasteiger partial charge in [0.05, 0.1) is 10.1 Å². The number of alkyl halides is 4. The molecule has 0 bridgehead atoms. The molecule has 0 atom stereocenters. The van der Waals surface area contributed by atoms with Crippen LogP contribution in [0.2, 0.25) is 0 Å². The Kier molecular flexibility index (Phi) is 10.8. The second-order valence-electron chi connectivity index (χ2n) is 8.49. The summed E-state index contributed by atoms with van der Waals surface area (Å²) in [6.45, 7) is 6.00. The third-order valence-electron chi connectivity index (χ3n) is 6.04. The van der Waals surface area contributed by atoms with E-state index in [1.54, 1.807) is 30.5 Å². The molecular formula is C26H31F3IN5O2. The third-order valence-corrected chi connectivity index (χ3v) is 6.44. The molecule has 3 rings (SSSR count). The zero-order valence-electron chi connectivity index (χ0n) is 20.6. The lowest BCUT2D eigenvalue weighted by atomic mass is 10.0. The summed E-state index contributed by atoms with van der Waals surface area (Å²) in [6.07, 6.45) is -1.41. The molecule has 0 spiro atoms. The fourth-order valence-electron chi connectivity index (χ4n) is 4.00. The standard InChI is InChI=1S/C26H31F3IN5O2/c1-2-34-9-11-35(12-10-34)16-20-3-6-22(13-24(20)26(27,28)29)33-25(36)17-37-23-7-4-19(5-8-23)21(14-31)15-32-18-30/h3-8,13-15H,2,9-12,16-18,31H2,1H3,(H,33,36). The molecule has 7 nitrogen and oxygen atoms in total. The van der Waals surface area contributed by atoms with E-state index < -0.39 is 17.6 Å². The Morgan fingerprint density at radius 1 is 1.14 bits per heavy atom. The highest BCUT2D eigenvalue weighted by molar-refractivity contribution is 14.1. The van der Waals surface area contributed by atoms with Gasteiger partial charge < -0.3 is 20.7 Å². The Morgan fingerprint density at radius 2 is 1.81 bits per heavy atom. The van der Waals surface area contributed by atoms with Crippen LogP contribution in [0.25, 0.3) is 5.57 Å². The number of likely N-dealkylation sites (N-methyl/N-ethyl adjacent to an activating group) is 1. The molecule has 37 heavy (non-hydrogen) atoms. The van der Waals surface area contributed by atoms with Crippen LogP contribution in [0.5, 0.6) is 5.75 Å². The molecule has 200 valence electrons. The number of aliphatic imine (C=N–C) groups is 1. The van der Waals surface area contributed by atoms with Crippen molar-refractivity contribution in [1.82, 2.24) is 9.80 Å². The van der Waals surface area contributed by atoms with Crippen LogP contribution in [-0.4, -0.2) is 65.8 Å². The normalized spacial score (nSPS) is 15.8. The summed E-state index contributed by atoms with van der Waals surface area (Å²) >= 11 is 2.12. The zero-order chi connectivity index (χ0) is 26.8. The van der Waals surface area contributed by atoms with Crippen LogP contribution in [0.3, 0.4) is 0 Å². The van der Waals surface area contributed by atoms with Crippen LogP contribution in [-0.2, 0) is 17.5 Å². The topological polar surface area (TPSA) is 83.2 Å². The number of carbonyl (C=O) groups is 1. The number of hydrogen-bond donors (Lipinski definition) is 2. The van der Waals surface area contributed by atoms with Gasteiger partial charge in [-0.15, -0.1) is 0 Å². The first kappa shape index (κ1) is 28.9. The molecule has 2 aromatic rings.